The number of nitrogens with zero attached hydrogens (tertiary/aromatic N) is 5. The van der Waals surface area contributed by atoms with E-state index in [1.54, 1.807) is 18.2 Å². The van der Waals surface area contributed by atoms with E-state index in [0.29, 0.717) is 16.6 Å². The van der Waals surface area contributed by atoms with Crippen LogP contribution in [0, 0.1) is 10.1 Å². The Morgan fingerprint density at radius 3 is 2.59 bits per heavy atom. The number of aromatic nitrogens is 4. The Kier molecular flexibility index (Phi) is 6.26. The predicted octanol–water partition coefficient (Wildman–Crippen LogP) is 3.64. The fraction of sp³-hybridized carbons (Fsp3) is 0.188. The van der Waals surface area contributed by atoms with Crippen LogP contribution in [-0.2, 0) is 17.9 Å². The Labute approximate surface area is 179 Å². The van der Waals surface area contributed by atoms with Crippen molar-refractivity contribution in [1.82, 2.24) is 19.6 Å². The van der Waals surface area contributed by atoms with Crippen molar-refractivity contribution < 1.29 is 14.5 Å². The summed E-state index contributed by atoms with van der Waals surface area (Å²) in [6.07, 6.45) is 2.63. The summed E-state index contributed by atoms with van der Waals surface area (Å²) in [6, 6.07) is 5.08. The number of methoxy groups -OCH3 is 1. The second-order valence-electron chi connectivity index (χ2n) is 5.79. The number of nitro groups is 1. The van der Waals surface area contributed by atoms with Crippen LogP contribution in [0.25, 0.3) is 0 Å². The average Bonchev–Trinajstić information content (AvgIpc) is 3.20. The first-order valence-electron chi connectivity index (χ1n) is 7.99. The quantitative estimate of drug-likeness (QED) is 0.426. The summed E-state index contributed by atoms with van der Waals surface area (Å²) in [7, 11) is 1.25. The van der Waals surface area contributed by atoms with E-state index in [0.717, 1.165) is 16.4 Å². The van der Waals surface area contributed by atoms with Crippen LogP contribution in [-0.4, -0.2) is 37.5 Å². The molecule has 0 aliphatic carbocycles. The van der Waals surface area contributed by atoms with Gasteiger partial charge in [0.2, 0.25) is 5.91 Å². The molecule has 0 atom stereocenters. The molecule has 0 spiro atoms. The van der Waals surface area contributed by atoms with Gasteiger partial charge in [0.05, 0.1) is 18.6 Å². The standard InChI is InChI=1S/C16H13Cl3N6O4/c1-29-16-13(25(27)28)7-24(22-16)8-14(26)20-15-12(19)6-23(21-15)5-9-2-3-10(17)4-11(9)18/h2-4,6-7H,5,8H2,1H3,(H,20,21,26). The highest BCUT2D eigenvalue weighted by molar-refractivity contribution is 6.35. The molecule has 0 aliphatic rings. The van der Waals surface area contributed by atoms with Crippen molar-refractivity contribution >= 4 is 52.2 Å². The van der Waals surface area contributed by atoms with E-state index in [4.69, 9.17) is 39.5 Å². The lowest BCUT2D eigenvalue weighted by Gasteiger charge is -2.05. The van der Waals surface area contributed by atoms with Crippen molar-refractivity contribution in [3.05, 3.63) is 61.3 Å². The molecule has 0 radical (unpaired) electrons. The van der Waals surface area contributed by atoms with Gasteiger partial charge in [0.25, 0.3) is 0 Å². The van der Waals surface area contributed by atoms with Gasteiger partial charge >= 0.3 is 11.6 Å². The molecule has 0 saturated carbocycles. The molecule has 2 heterocycles. The van der Waals surface area contributed by atoms with Gasteiger partial charge < -0.3 is 10.1 Å². The van der Waals surface area contributed by atoms with E-state index in [1.807, 2.05) is 0 Å². The van der Waals surface area contributed by atoms with Gasteiger partial charge in [-0.05, 0) is 17.7 Å². The lowest BCUT2D eigenvalue weighted by atomic mass is 10.2. The molecule has 0 bridgehead atoms. The molecule has 29 heavy (non-hydrogen) atoms. The number of halogens is 3. The Hall–Kier alpha value is -2.82. The van der Waals surface area contributed by atoms with Gasteiger partial charge in [-0.15, -0.1) is 5.10 Å². The molecule has 0 fully saturated rings. The molecule has 1 aromatic carbocycles. The third-order valence-electron chi connectivity index (χ3n) is 3.73. The number of hydrogen-bond donors (Lipinski definition) is 1. The SMILES string of the molecule is COc1nn(CC(=O)Nc2nn(Cc3ccc(Cl)cc3Cl)cc2Cl)cc1[N+](=O)[O-]. The second kappa shape index (κ2) is 8.68. The molecule has 10 nitrogen and oxygen atoms in total. The summed E-state index contributed by atoms with van der Waals surface area (Å²) < 4.78 is 7.42. The first-order valence-corrected chi connectivity index (χ1v) is 9.12. The van der Waals surface area contributed by atoms with Gasteiger partial charge in [0.15, 0.2) is 5.82 Å². The fourth-order valence-electron chi connectivity index (χ4n) is 2.45. The van der Waals surface area contributed by atoms with Gasteiger partial charge in [-0.25, -0.2) is 0 Å². The summed E-state index contributed by atoms with van der Waals surface area (Å²) in [5.74, 6) is -0.581. The van der Waals surface area contributed by atoms with E-state index in [-0.39, 0.29) is 29.0 Å². The van der Waals surface area contributed by atoms with Crippen LogP contribution in [0.4, 0.5) is 11.5 Å². The molecule has 3 aromatic rings. The molecule has 0 saturated heterocycles. The third kappa shape index (κ3) is 4.97. The van der Waals surface area contributed by atoms with Crippen LogP contribution >= 0.6 is 34.8 Å². The second-order valence-corrected chi connectivity index (χ2v) is 7.04. The van der Waals surface area contributed by atoms with Crippen LogP contribution < -0.4 is 10.1 Å². The van der Waals surface area contributed by atoms with Crippen LogP contribution in [0.2, 0.25) is 15.1 Å². The van der Waals surface area contributed by atoms with Crippen LogP contribution in [0.1, 0.15) is 5.56 Å². The summed E-state index contributed by atoms with van der Waals surface area (Å²) in [6.45, 7) is 0.0184. The van der Waals surface area contributed by atoms with Gasteiger partial charge in [0.1, 0.15) is 17.8 Å². The molecular formula is C16H13Cl3N6O4. The number of nitrogens with one attached hydrogen (secondary N) is 1. The smallest absolute Gasteiger partial charge is 0.350 e. The number of carbonyl (C=O) groups excluding carboxylic acids is 1. The van der Waals surface area contributed by atoms with Gasteiger partial charge in [-0.3, -0.25) is 24.3 Å². The summed E-state index contributed by atoms with van der Waals surface area (Å²) in [5, 5.41) is 22.7. The monoisotopic (exact) mass is 458 g/mol. The van der Waals surface area contributed by atoms with Crippen molar-refractivity contribution in [2.24, 2.45) is 0 Å². The first kappa shape index (κ1) is 20.9. The normalized spacial score (nSPS) is 10.8. The minimum atomic E-state index is -0.652. The largest absolute Gasteiger partial charge is 0.475 e. The highest BCUT2D eigenvalue weighted by Crippen LogP contribution is 2.25. The molecule has 0 unspecified atom stereocenters. The zero-order chi connectivity index (χ0) is 21.1. The molecule has 1 amide bonds. The summed E-state index contributed by atoms with van der Waals surface area (Å²) in [4.78, 5) is 22.5. The van der Waals surface area contributed by atoms with Gasteiger partial charge in [-0.2, -0.15) is 5.10 Å². The van der Waals surface area contributed by atoms with E-state index in [9.17, 15) is 14.9 Å². The maximum absolute atomic E-state index is 12.2. The lowest BCUT2D eigenvalue weighted by molar-refractivity contribution is -0.385. The molecule has 2 aromatic heterocycles. The number of carbonyl (C=O) groups is 1. The van der Waals surface area contributed by atoms with E-state index in [2.05, 4.69) is 15.5 Å². The predicted molar refractivity (Wildman–Crippen MR) is 107 cm³/mol. The zero-order valence-electron chi connectivity index (χ0n) is 14.8. The van der Waals surface area contributed by atoms with Crippen molar-refractivity contribution in [2.75, 3.05) is 12.4 Å². The number of ether oxygens (including phenoxy) is 1. The van der Waals surface area contributed by atoms with Gasteiger partial charge in [0, 0.05) is 16.2 Å². The van der Waals surface area contributed by atoms with Crippen molar-refractivity contribution in [2.45, 2.75) is 13.1 Å². The Balaban J connectivity index is 1.69. The number of amides is 1. The van der Waals surface area contributed by atoms with E-state index >= 15 is 0 Å². The van der Waals surface area contributed by atoms with Crippen molar-refractivity contribution in [1.29, 1.82) is 0 Å². The molecule has 0 aliphatic heterocycles. The number of anilines is 1. The van der Waals surface area contributed by atoms with Crippen LogP contribution in [0.3, 0.4) is 0 Å². The topological polar surface area (TPSA) is 117 Å². The summed E-state index contributed by atoms with van der Waals surface area (Å²) in [5.41, 5.74) is 0.423. The van der Waals surface area contributed by atoms with E-state index < -0.39 is 10.8 Å². The number of benzene rings is 1. The molecule has 1 N–H and O–H groups in total. The fourth-order valence-corrected chi connectivity index (χ4v) is 3.12. The highest BCUT2D eigenvalue weighted by atomic mass is 35.5. The number of rotatable bonds is 7. The average molecular weight is 460 g/mol. The van der Waals surface area contributed by atoms with Crippen molar-refractivity contribution in [3.8, 4) is 5.88 Å². The molecular weight excluding hydrogens is 447 g/mol. The molecule has 13 heteroatoms. The Morgan fingerprint density at radius 1 is 1.21 bits per heavy atom. The Morgan fingerprint density at radius 2 is 1.97 bits per heavy atom. The maximum Gasteiger partial charge on any atom is 0.350 e. The third-order valence-corrected chi connectivity index (χ3v) is 4.59. The first-order chi connectivity index (χ1) is 13.8. The van der Waals surface area contributed by atoms with Gasteiger partial charge in [-0.1, -0.05) is 40.9 Å². The number of hydrogen-bond acceptors (Lipinski definition) is 6. The molecule has 152 valence electrons. The van der Waals surface area contributed by atoms with Crippen molar-refractivity contribution in [3.63, 3.8) is 0 Å². The minimum Gasteiger partial charge on any atom is -0.475 e. The van der Waals surface area contributed by atoms with Crippen LogP contribution in [0.15, 0.2) is 30.6 Å². The van der Waals surface area contributed by atoms with Crippen LogP contribution in [0.5, 0.6) is 5.88 Å². The lowest BCUT2D eigenvalue weighted by Crippen LogP contribution is -2.19. The van der Waals surface area contributed by atoms with E-state index in [1.165, 1.54) is 18.0 Å². The highest BCUT2D eigenvalue weighted by Gasteiger charge is 2.21. The maximum atomic E-state index is 12.2. The Bertz CT molecular complexity index is 1080. The zero-order valence-corrected chi connectivity index (χ0v) is 17.1. The minimum absolute atomic E-state index is 0.135. The molecule has 3 rings (SSSR count). The summed E-state index contributed by atoms with van der Waals surface area (Å²) >= 11 is 18.2.